The van der Waals surface area contributed by atoms with Crippen molar-refractivity contribution in [3.05, 3.63) is 47.4 Å². The van der Waals surface area contributed by atoms with Crippen LogP contribution in [0.2, 0.25) is 0 Å². The first kappa shape index (κ1) is 11.5. The van der Waals surface area contributed by atoms with Crippen molar-refractivity contribution in [1.82, 2.24) is 9.97 Å². The van der Waals surface area contributed by atoms with Gasteiger partial charge >= 0.3 is 0 Å². The van der Waals surface area contributed by atoms with E-state index in [1.165, 1.54) is 0 Å². The molecular formula is C13H15N3O. The smallest absolute Gasteiger partial charge is 0.238 e. The maximum Gasteiger partial charge on any atom is 0.238 e. The molecular weight excluding hydrogens is 214 g/mol. The third kappa shape index (κ3) is 2.79. The summed E-state index contributed by atoms with van der Waals surface area (Å²) in [5, 5.41) is 0. The second-order valence-electron chi connectivity index (χ2n) is 3.83. The minimum Gasteiger partial charge on any atom is -0.437 e. The van der Waals surface area contributed by atoms with Gasteiger partial charge in [0.05, 0.1) is 17.6 Å². The summed E-state index contributed by atoms with van der Waals surface area (Å²) >= 11 is 0. The van der Waals surface area contributed by atoms with Crippen LogP contribution in [0, 0.1) is 13.8 Å². The van der Waals surface area contributed by atoms with Crippen molar-refractivity contribution >= 4 is 0 Å². The number of hydrogen-bond acceptors (Lipinski definition) is 4. The lowest BCUT2D eigenvalue weighted by molar-refractivity contribution is 0.457. The molecule has 0 bridgehead atoms. The predicted octanol–water partition coefficient (Wildman–Crippen LogP) is 2.34. The lowest BCUT2D eigenvalue weighted by Gasteiger charge is -2.07. The van der Waals surface area contributed by atoms with Crippen LogP contribution in [0.4, 0.5) is 0 Å². The highest BCUT2D eigenvalue weighted by Gasteiger charge is 2.02. The molecule has 0 atom stereocenters. The van der Waals surface area contributed by atoms with Crippen LogP contribution < -0.4 is 10.5 Å². The van der Waals surface area contributed by atoms with Gasteiger partial charge < -0.3 is 10.5 Å². The van der Waals surface area contributed by atoms with Gasteiger partial charge in [-0.3, -0.25) is 4.98 Å². The molecule has 0 aliphatic rings. The van der Waals surface area contributed by atoms with Crippen molar-refractivity contribution in [3.8, 4) is 11.6 Å². The molecule has 2 aromatic rings. The predicted molar refractivity (Wildman–Crippen MR) is 65.9 cm³/mol. The normalized spacial score (nSPS) is 10.3. The Balaban J connectivity index is 2.22. The van der Waals surface area contributed by atoms with Crippen LogP contribution >= 0.6 is 0 Å². The Bertz CT molecular complexity index is 526. The van der Waals surface area contributed by atoms with E-state index in [1.54, 1.807) is 6.20 Å². The number of rotatable bonds is 3. The van der Waals surface area contributed by atoms with Crippen LogP contribution in [0.25, 0.3) is 0 Å². The Morgan fingerprint density at radius 1 is 1.24 bits per heavy atom. The number of nitrogens with two attached hydrogens (primary N) is 1. The highest BCUT2D eigenvalue weighted by atomic mass is 16.5. The van der Waals surface area contributed by atoms with E-state index < -0.39 is 0 Å². The summed E-state index contributed by atoms with van der Waals surface area (Å²) in [6, 6.07) is 7.64. The molecule has 0 aliphatic heterocycles. The number of hydrogen-bond donors (Lipinski definition) is 1. The summed E-state index contributed by atoms with van der Waals surface area (Å²) in [5.74, 6) is 1.23. The second kappa shape index (κ2) is 4.93. The maximum absolute atomic E-state index is 5.63. The van der Waals surface area contributed by atoms with E-state index in [9.17, 15) is 0 Å². The molecule has 4 nitrogen and oxygen atoms in total. The van der Waals surface area contributed by atoms with Crippen LogP contribution in [-0.2, 0) is 6.54 Å². The van der Waals surface area contributed by atoms with Gasteiger partial charge in [0.1, 0.15) is 5.75 Å². The molecule has 0 fully saturated rings. The molecule has 17 heavy (non-hydrogen) atoms. The van der Waals surface area contributed by atoms with Gasteiger partial charge in [-0.05, 0) is 31.5 Å². The quantitative estimate of drug-likeness (QED) is 0.877. The molecule has 2 rings (SSSR count). The average Bonchev–Trinajstić information content (AvgIpc) is 2.34. The summed E-state index contributed by atoms with van der Waals surface area (Å²) in [7, 11) is 0. The number of ether oxygens (including phenoxy) is 1. The highest BCUT2D eigenvalue weighted by molar-refractivity contribution is 5.31. The van der Waals surface area contributed by atoms with Gasteiger partial charge in [0, 0.05) is 6.54 Å². The monoisotopic (exact) mass is 229 g/mol. The molecule has 0 unspecified atom stereocenters. The summed E-state index contributed by atoms with van der Waals surface area (Å²) in [6.07, 6.45) is 1.62. The first-order valence-electron chi connectivity index (χ1n) is 5.46. The SMILES string of the molecule is Cc1ncc(Oc2cccc(CN)c2)nc1C. The van der Waals surface area contributed by atoms with E-state index in [4.69, 9.17) is 10.5 Å². The Morgan fingerprint density at radius 2 is 2.06 bits per heavy atom. The Labute approximate surface area is 100 Å². The van der Waals surface area contributed by atoms with E-state index in [0.717, 1.165) is 22.7 Å². The van der Waals surface area contributed by atoms with Crippen LogP contribution in [0.3, 0.4) is 0 Å². The molecule has 2 N–H and O–H groups in total. The minimum absolute atomic E-state index is 0.496. The number of aromatic nitrogens is 2. The summed E-state index contributed by atoms with van der Waals surface area (Å²) in [5.41, 5.74) is 8.38. The first-order chi connectivity index (χ1) is 8.19. The van der Waals surface area contributed by atoms with Crippen molar-refractivity contribution < 1.29 is 4.74 Å². The van der Waals surface area contributed by atoms with E-state index in [1.807, 2.05) is 38.1 Å². The van der Waals surface area contributed by atoms with Gasteiger partial charge in [0.2, 0.25) is 5.88 Å². The first-order valence-corrected chi connectivity index (χ1v) is 5.46. The molecule has 4 heteroatoms. The second-order valence-corrected chi connectivity index (χ2v) is 3.83. The van der Waals surface area contributed by atoms with E-state index in [-0.39, 0.29) is 0 Å². The molecule has 0 aliphatic carbocycles. The number of nitrogens with zero attached hydrogens (tertiary/aromatic N) is 2. The average molecular weight is 229 g/mol. The van der Waals surface area contributed by atoms with Crippen LogP contribution in [-0.4, -0.2) is 9.97 Å². The summed E-state index contributed by atoms with van der Waals surface area (Å²) in [6.45, 7) is 4.32. The van der Waals surface area contributed by atoms with E-state index in [0.29, 0.717) is 12.4 Å². The van der Waals surface area contributed by atoms with Crippen molar-refractivity contribution in [1.29, 1.82) is 0 Å². The fraction of sp³-hybridized carbons (Fsp3) is 0.231. The van der Waals surface area contributed by atoms with Crippen LogP contribution in [0.15, 0.2) is 30.5 Å². The fourth-order valence-corrected chi connectivity index (χ4v) is 1.43. The van der Waals surface area contributed by atoms with Gasteiger partial charge in [-0.15, -0.1) is 0 Å². The van der Waals surface area contributed by atoms with Crippen molar-refractivity contribution in [2.75, 3.05) is 0 Å². The Kier molecular flexibility index (Phi) is 3.35. The van der Waals surface area contributed by atoms with Gasteiger partial charge in [-0.2, -0.15) is 0 Å². The fourth-order valence-electron chi connectivity index (χ4n) is 1.43. The zero-order chi connectivity index (χ0) is 12.3. The molecule has 0 saturated carbocycles. The third-order valence-electron chi connectivity index (χ3n) is 2.53. The zero-order valence-corrected chi connectivity index (χ0v) is 9.97. The molecule has 0 amide bonds. The van der Waals surface area contributed by atoms with Crippen LogP contribution in [0.5, 0.6) is 11.6 Å². The molecule has 0 saturated heterocycles. The molecule has 1 heterocycles. The Morgan fingerprint density at radius 3 is 2.76 bits per heavy atom. The molecule has 1 aromatic heterocycles. The third-order valence-corrected chi connectivity index (χ3v) is 2.53. The highest BCUT2D eigenvalue weighted by Crippen LogP contribution is 2.20. The largest absolute Gasteiger partial charge is 0.437 e. The molecule has 88 valence electrons. The van der Waals surface area contributed by atoms with E-state index in [2.05, 4.69) is 9.97 Å². The van der Waals surface area contributed by atoms with Gasteiger partial charge in [0.25, 0.3) is 0 Å². The lowest BCUT2D eigenvalue weighted by Crippen LogP contribution is -1.98. The number of aryl methyl sites for hydroxylation is 2. The van der Waals surface area contributed by atoms with Crippen molar-refractivity contribution in [2.24, 2.45) is 5.73 Å². The molecule has 0 radical (unpaired) electrons. The van der Waals surface area contributed by atoms with Crippen molar-refractivity contribution in [2.45, 2.75) is 20.4 Å². The van der Waals surface area contributed by atoms with Gasteiger partial charge in [0.15, 0.2) is 0 Å². The van der Waals surface area contributed by atoms with E-state index >= 15 is 0 Å². The minimum atomic E-state index is 0.496. The molecule has 1 aromatic carbocycles. The lowest BCUT2D eigenvalue weighted by atomic mass is 10.2. The Hall–Kier alpha value is -1.94. The topological polar surface area (TPSA) is 61.0 Å². The standard InChI is InChI=1S/C13H15N3O/c1-9-10(2)16-13(8-15-9)17-12-5-3-4-11(6-12)7-14/h3-6,8H,7,14H2,1-2H3. The molecule has 0 spiro atoms. The van der Waals surface area contributed by atoms with Crippen molar-refractivity contribution in [3.63, 3.8) is 0 Å². The summed E-state index contributed by atoms with van der Waals surface area (Å²) in [4.78, 5) is 8.51. The maximum atomic E-state index is 5.63. The van der Waals surface area contributed by atoms with Gasteiger partial charge in [-0.25, -0.2) is 4.98 Å². The van der Waals surface area contributed by atoms with Gasteiger partial charge in [-0.1, -0.05) is 12.1 Å². The van der Waals surface area contributed by atoms with Crippen LogP contribution in [0.1, 0.15) is 17.0 Å². The zero-order valence-electron chi connectivity index (χ0n) is 9.97. The number of benzene rings is 1. The summed E-state index contributed by atoms with van der Waals surface area (Å²) < 4.78 is 5.63.